The fourth-order valence-electron chi connectivity index (χ4n) is 5.28. The van der Waals surface area contributed by atoms with Gasteiger partial charge in [-0.1, -0.05) is 12.1 Å². The Hall–Kier alpha value is -2.29. The van der Waals surface area contributed by atoms with E-state index in [1.807, 2.05) is 18.2 Å². The van der Waals surface area contributed by atoms with Crippen LogP contribution in [0.4, 0.5) is 0 Å². The molecule has 3 amide bonds. The van der Waals surface area contributed by atoms with E-state index in [9.17, 15) is 14.4 Å². The number of benzene rings is 1. The zero-order valence-electron chi connectivity index (χ0n) is 16.3. The van der Waals surface area contributed by atoms with Gasteiger partial charge in [0.1, 0.15) is 6.04 Å². The van der Waals surface area contributed by atoms with Crippen LogP contribution in [0.25, 0.3) is 0 Å². The number of hydrogen-bond donors (Lipinski definition) is 3. The molecule has 3 aliphatic heterocycles. The summed E-state index contributed by atoms with van der Waals surface area (Å²) in [5.41, 5.74) is 8.64. The number of rotatable bonds is 5. The largest absolute Gasteiger partial charge is 0.372 e. The van der Waals surface area contributed by atoms with Crippen molar-refractivity contribution in [1.29, 1.82) is 0 Å². The monoisotopic (exact) mass is 398 g/mol. The molecule has 1 aliphatic carbocycles. The molecule has 4 aliphatic rings. The van der Waals surface area contributed by atoms with Crippen LogP contribution in [0, 0.1) is 0 Å². The van der Waals surface area contributed by atoms with Gasteiger partial charge in [-0.2, -0.15) is 0 Å². The van der Waals surface area contributed by atoms with Crippen LogP contribution in [0.3, 0.4) is 0 Å². The van der Waals surface area contributed by atoms with Crippen molar-refractivity contribution < 1.29 is 19.1 Å². The van der Waals surface area contributed by atoms with Crippen molar-refractivity contribution >= 4 is 17.7 Å². The minimum atomic E-state index is -0.588. The van der Waals surface area contributed by atoms with Gasteiger partial charge in [0, 0.05) is 37.2 Å². The summed E-state index contributed by atoms with van der Waals surface area (Å²) in [6, 6.07) is 5.12. The van der Waals surface area contributed by atoms with Crippen molar-refractivity contribution in [3.05, 3.63) is 34.9 Å². The van der Waals surface area contributed by atoms with Gasteiger partial charge in [-0.3, -0.25) is 19.7 Å². The lowest BCUT2D eigenvalue weighted by Crippen LogP contribution is -2.52. The van der Waals surface area contributed by atoms with E-state index in [2.05, 4.69) is 10.6 Å². The Bertz CT molecular complexity index is 891. The summed E-state index contributed by atoms with van der Waals surface area (Å²) >= 11 is 0. The van der Waals surface area contributed by atoms with Gasteiger partial charge in [-0.05, 0) is 42.9 Å². The van der Waals surface area contributed by atoms with Crippen LogP contribution in [-0.2, 0) is 27.4 Å². The maximum absolute atomic E-state index is 12.9. The molecular formula is C21H26N4O4. The van der Waals surface area contributed by atoms with Gasteiger partial charge < -0.3 is 20.7 Å². The Kier molecular flexibility index (Phi) is 4.27. The molecule has 2 saturated heterocycles. The van der Waals surface area contributed by atoms with Gasteiger partial charge in [-0.15, -0.1) is 0 Å². The van der Waals surface area contributed by atoms with Crippen LogP contribution in [-0.4, -0.2) is 53.0 Å². The van der Waals surface area contributed by atoms with Crippen LogP contribution in [0.15, 0.2) is 18.2 Å². The normalized spacial score (nSPS) is 33.3. The molecule has 1 aromatic carbocycles. The number of nitrogens with two attached hydrogens (primary N) is 1. The summed E-state index contributed by atoms with van der Waals surface area (Å²) < 4.78 is 5.99. The lowest BCUT2D eigenvalue weighted by Gasteiger charge is -2.29. The second-order valence-electron chi connectivity index (χ2n) is 8.96. The number of carbonyl (C=O) groups excluding carboxylic acids is 3. The second-order valence-corrected chi connectivity index (χ2v) is 8.96. The number of piperidine rings is 1. The van der Waals surface area contributed by atoms with Gasteiger partial charge >= 0.3 is 0 Å². The number of amides is 3. The maximum atomic E-state index is 12.9. The van der Waals surface area contributed by atoms with E-state index < -0.39 is 6.04 Å². The minimum absolute atomic E-state index is 0.141. The molecule has 3 atom stereocenters. The molecule has 8 nitrogen and oxygen atoms in total. The van der Waals surface area contributed by atoms with Gasteiger partial charge in [0.05, 0.1) is 12.2 Å². The predicted molar refractivity (Wildman–Crippen MR) is 104 cm³/mol. The second kappa shape index (κ2) is 6.62. The molecule has 4 N–H and O–H groups in total. The smallest absolute Gasteiger partial charge is 0.255 e. The zero-order valence-corrected chi connectivity index (χ0v) is 16.3. The SMILES string of the molecule is NC12CCC(CNCc3cccc4c3CN(C3CCC(=O)NC3=O)C4=O)(C1)OC2. The summed E-state index contributed by atoms with van der Waals surface area (Å²) in [6.07, 6.45) is 3.51. The van der Waals surface area contributed by atoms with E-state index in [1.165, 1.54) is 0 Å². The summed E-state index contributed by atoms with van der Waals surface area (Å²) in [7, 11) is 0. The number of ether oxygens (including phenoxy) is 1. The molecule has 3 unspecified atom stereocenters. The average Bonchev–Trinajstić information content (AvgIpc) is 3.31. The van der Waals surface area contributed by atoms with Crippen molar-refractivity contribution in [2.45, 2.75) is 62.4 Å². The summed E-state index contributed by atoms with van der Waals surface area (Å²) in [5, 5.41) is 5.84. The van der Waals surface area contributed by atoms with E-state index in [0.29, 0.717) is 31.7 Å². The lowest BCUT2D eigenvalue weighted by atomic mass is 9.99. The third-order valence-corrected chi connectivity index (χ3v) is 6.86. The topological polar surface area (TPSA) is 114 Å². The molecule has 3 heterocycles. The van der Waals surface area contributed by atoms with E-state index in [1.54, 1.807) is 4.90 Å². The van der Waals surface area contributed by atoms with Gasteiger partial charge in [0.25, 0.3) is 5.91 Å². The quantitative estimate of drug-likeness (QED) is 0.610. The Labute approximate surface area is 169 Å². The van der Waals surface area contributed by atoms with Gasteiger partial charge in [-0.25, -0.2) is 0 Å². The molecule has 0 radical (unpaired) electrons. The molecule has 5 rings (SSSR count). The number of hydrogen-bond acceptors (Lipinski definition) is 6. The Morgan fingerprint density at radius 1 is 1.28 bits per heavy atom. The van der Waals surface area contributed by atoms with Crippen molar-refractivity contribution in [2.24, 2.45) is 5.73 Å². The molecular weight excluding hydrogens is 372 g/mol. The number of carbonyl (C=O) groups is 3. The van der Waals surface area contributed by atoms with Crippen LogP contribution in [0.5, 0.6) is 0 Å². The van der Waals surface area contributed by atoms with Gasteiger partial charge in [0.2, 0.25) is 11.8 Å². The number of imide groups is 1. The van der Waals surface area contributed by atoms with Crippen LogP contribution in [0.1, 0.15) is 53.6 Å². The van der Waals surface area contributed by atoms with Gasteiger partial charge in [0.15, 0.2) is 0 Å². The molecule has 1 aromatic rings. The van der Waals surface area contributed by atoms with Crippen LogP contribution >= 0.6 is 0 Å². The highest BCUT2D eigenvalue weighted by Gasteiger charge is 2.53. The molecule has 0 aromatic heterocycles. The van der Waals surface area contributed by atoms with E-state index >= 15 is 0 Å². The third kappa shape index (κ3) is 3.15. The molecule has 8 heteroatoms. The molecule has 29 heavy (non-hydrogen) atoms. The van der Waals surface area contributed by atoms with Crippen molar-refractivity contribution in [1.82, 2.24) is 15.5 Å². The van der Waals surface area contributed by atoms with Crippen LogP contribution in [0.2, 0.25) is 0 Å². The first-order valence-corrected chi connectivity index (χ1v) is 10.3. The first-order valence-electron chi connectivity index (χ1n) is 10.3. The molecule has 3 fully saturated rings. The average molecular weight is 398 g/mol. The minimum Gasteiger partial charge on any atom is -0.372 e. The van der Waals surface area contributed by atoms with Crippen molar-refractivity contribution in [3.63, 3.8) is 0 Å². The summed E-state index contributed by atoms with van der Waals surface area (Å²) in [4.78, 5) is 38.2. The summed E-state index contributed by atoms with van der Waals surface area (Å²) in [6.45, 7) is 2.39. The van der Waals surface area contributed by atoms with E-state index in [4.69, 9.17) is 10.5 Å². The first kappa shape index (κ1) is 18.7. The highest BCUT2D eigenvalue weighted by molar-refractivity contribution is 6.05. The number of nitrogens with one attached hydrogen (secondary N) is 2. The standard InChI is InChI=1S/C21H26N4O4/c22-20-6-7-21(10-20,29-12-20)11-23-8-13-2-1-3-14-15(13)9-25(19(14)28)16-4-5-17(26)24-18(16)27/h1-3,16,23H,4-12,22H2,(H,24,26,27). The van der Waals surface area contributed by atoms with Crippen LogP contribution < -0.4 is 16.4 Å². The highest BCUT2D eigenvalue weighted by Crippen LogP contribution is 2.45. The Morgan fingerprint density at radius 2 is 2.14 bits per heavy atom. The number of nitrogens with zero attached hydrogens (tertiary/aromatic N) is 1. The Balaban J connectivity index is 1.27. The molecule has 0 spiro atoms. The molecule has 2 bridgehead atoms. The summed E-state index contributed by atoms with van der Waals surface area (Å²) in [5.74, 6) is -0.800. The third-order valence-electron chi connectivity index (χ3n) is 6.86. The predicted octanol–water partition coefficient (Wildman–Crippen LogP) is 0.188. The molecule has 1 saturated carbocycles. The first-order chi connectivity index (χ1) is 13.9. The maximum Gasteiger partial charge on any atom is 0.255 e. The van der Waals surface area contributed by atoms with E-state index in [0.717, 1.165) is 36.9 Å². The van der Waals surface area contributed by atoms with E-state index in [-0.39, 0.29) is 35.3 Å². The zero-order chi connectivity index (χ0) is 20.2. The highest BCUT2D eigenvalue weighted by atomic mass is 16.5. The van der Waals surface area contributed by atoms with Crippen molar-refractivity contribution in [2.75, 3.05) is 13.2 Å². The lowest BCUT2D eigenvalue weighted by molar-refractivity contribution is -0.136. The fraction of sp³-hybridized carbons (Fsp3) is 0.571. The van der Waals surface area contributed by atoms with Crippen molar-refractivity contribution in [3.8, 4) is 0 Å². The number of fused-ring (bicyclic) bond motifs is 3. The molecule has 154 valence electrons. The fourth-order valence-corrected chi connectivity index (χ4v) is 5.28. The Morgan fingerprint density at radius 3 is 2.83 bits per heavy atom.